The minimum Gasteiger partial charge on any atom is -0.484 e. The van der Waals surface area contributed by atoms with E-state index in [2.05, 4.69) is 5.32 Å². The maximum atomic E-state index is 13.3. The molecule has 3 rings (SSSR count). The second-order valence-electron chi connectivity index (χ2n) is 8.27. The summed E-state index contributed by atoms with van der Waals surface area (Å²) in [6.45, 7) is 1.84. The fourth-order valence-corrected chi connectivity index (χ4v) is 4.73. The molecule has 1 fully saturated rings. The van der Waals surface area contributed by atoms with Crippen molar-refractivity contribution in [2.24, 2.45) is 0 Å². The van der Waals surface area contributed by atoms with Crippen LogP contribution in [0.1, 0.15) is 51.0 Å². The number of hydrogen-bond acceptors (Lipinski definition) is 3. The van der Waals surface area contributed by atoms with E-state index >= 15 is 0 Å². The lowest BCUT2D eigenvalue weighted by atomic mass is 9.95. The lowest BCUT2D eigenvalue weighted by molar-refractivity contribution is -0.143. The highest BCUT2D eigenvalue weighted by molar-refractivity contribution is 6.35. The minimum absolute atomic E-state index is 0.148. The van der Waals surface area contributed by atoms with Crippen LogP contribution in [0.15, 0.2) is 42.5 Å². The topological polar surface area (TPSA) is 58.6 Å². The van der Waals surface area contributed by atoms with Crippen LogP contribution >= 0.6 is 34.8 Å². The normalized spacial score (nSPS) is 15.0. The van der Waals surface area contributed by atoms with Gasteiger partial charge in [-0.3, -0.25) is 9.59 Å². The molecule has 2 aromatic carbocycles. The Morgan fingerprint density at radius 3 is 2.45 bits per heavy atom. The van der Waals surface area contributed by atoms with E-state index in [9.17, 15) is 9.59 Å². The maximum Gasteiger partial charge on any atom is 0.261 e. The summed E-state index contributed by atoms with van der Waals surface area (Å²) in [4.78, 5) is 28.1. The van der Waals surface area contributed by atoms with Gasteiger partial charge >= 0.3 is 0 Å². The van der Waals surface area contributed by atoms with Crippen LogP contribution in [0.4, 0.5) is 0 Å². The summed E-state index contributed by atoms with van der Waals surface area (Å²) in [6.07, 6.45) is 5.82. The molecule has 0 heterocycles. The third-order valence-electron chi connectivity index (χ3n) is 5.85. The van der Waals surface area contributed by atoms with Crippen LogP contribution in [0.5, 0.6) is 5.75 Å². The number of rotatable bonds is 9. The van der Waals surface area contributed by atoms with Gasteiger partial charge in [0.1, 0.15) is 11.8 Å². The van der Waals surface area contributed by atoms with Gasteiger partial charge in [0.2, 0.25) is 5.91 Å². The molecule has 1 unspecified atom stereocenters. The minimum atomic E-state index is -0.644. The first kappa shape index (κ1) is 25.7. The molecular formula is C25H29Cl3N2O3. The number of nitrogens with one attached hydrogen (secondary N) is 1. The average Bonchev–Trinajstić information content (AvgIpc) is 2.79. The standard InChI is InChI=1S/C25H29Cl3N2O3/c1-2-23(25(32)29-20-8-4-3-5-9-20)30(15-17-11-12-19(27)14-22(17)28)24(31)16-33-21-10-6-7-18(26)13-21/h6-7,10-14,20,23H,2-5,8-9,15-16H2,1H3,(H,29,32). The number of carbonyl (C=O) groups is 2. The number of amides is 2. The van der Waals surface area contributed by atoms with Crippen molar-refractivity contribution < 1.29 is 14.3 Å². The molecule has 0 spiro atoms. The van der Waals surface area contributed by atoms with E-state index in [0.29, 0.717) is 32.8 Å². The van der Waals surface area contributed by atoms with Crippen molar-refractivity contribution in [3.63, 3.8) is 0 Å². The van der Waals surface area contributed by atoms with Crippen LogP contribution in [0.25, 0.3) is 0 Å². The van der Waals surface area contributed by atoms with Gasteiger partial charge in [0, 0.05) is 27.7 Å². The molecule has 5 nitrogen and oxygen atoms in total. The van der Waals surface area contributed by atoms with Crippen LogP contribution in [0.2, 0.25) is 15.1 Å². The summed E-state index contributed by atoms with van der Waals surface area (Å²) in [5.74, 6) is 0.0252. The third-order valence-corrected chi connectivity index (χ3v) is 6.67. The molecule has 0 aromatic heterocycles. The molecule has 8 heteroatoms. The third kappa shape index (κ3) is 7.53. The number of nitrogens with zero attached hydrogens (tertiary/aromatic N) is 1. The molecule has 0 radical (unpaired) electrons. The molecule has 1 aliphatic rings. The van der Waals surface area contributed by atoms with E-state index < -0.39 is 6.04 Å². The lowest BCUT2D eigenvalue weighted by Gasteiger charge is -2.33. The highest BCUT2D eigenvalue weighted by Crippen LogP contribution is 2.25. The van der Waals surface area contributed by atoms with Crippen molar-refractivity contribution in [2.45, 2.75) is 64.1 Å². The number of ether oxygens (including phenoxy) is 1. The van der Waals surface area contributed by atoms with Crippen LogP contribution in [0.3, 0.4) is 0 Å². The first-order valence-electron chi connectivity index (χ1n) is 11.3. The van der Waals surface area contributed by atoms with E-state index in [4.69, 9.17) is 39.5 Å². The first-order chi connectivity index (χ1) is 15.9. The van der Waals surface area contributed by atoms with Crippen LogP contribution < -0.4 is 10.1 Å². The van der Waals surface area contributed by atoms with Crippen molar-refractivity contribution in [3.05, 3.63) is 63.1 Å². The van der Waals surface area contributed by atoms with Crippen molar-refractivity contribution in [1.29, 1.82) is 0 Å². The number of carbonyl (C=O) groups excluding carboxylic acids is 2. The quantitative estimate of drug-likeness (QED) is 0.431. The van der Waals surface area contributed by atoms with Gasteiger partial charge in [0.25, 0.3) is 5.91 Å². The molecule has 1 N–H and O–H groups in total. The molecule has 2 aromatic rings. The van der Waals surface area contributed by atoms with E-state index in [1.165, 1.54) is 11.3 Å². The zero-order valence-electron chi connectivity index (χ0n) is 18.7. The van der Waals surface area contributed by atoms with E-state index in [-0.39, 0.29) is 31.0 Å². The maximum absolute atomic E-state index is 13.3. The molecule has 178 valence electrons. The summed E-state index contributed by atoms with van der Waals surface area (Å²) in [6, 6.07) is 11.5. The zero-order valence-corrected chi connectivity index (χ0v) is 20.9. The first-order valence-corrected chi connectivity index (χ1v) is 12.4. The number of halogens is 3. The highest BCUT2D eigenvalue weighted by Gasteiger charge is 2.31. The highest BCUT2D eigenvalue weighted by atomic mass is 35.5. The molecule has 1 saturated carbocycles. The van der Waals surface area contributed by atoms with Gasteiger partial charge in [-0.15, -0.1) is 0 Å². The SMILES string of the molecule is CCC(C(=O)NC1CCCCC1)N(Cc1ccc(Cl)cc1Cl)C(=O)COc1cccc(Cl)c1. The zero-order chi connectivity index (χ0) is 23.8. The molecule has 1 aliphatic carbocycles. The van der Waals surface area contributed by atoms with Crippen molar-refractivity contribution >= 4 is 46.6 Å². The summed E-state index contributed by atoms with van der Waals surface area (Å²) in [5, 5.41) is 4.62. The lowest BCUT2D eigenvalue weighted by Crippen LogP contribution is -2.52. The molecule has 0 bridgehead atoms. The van der Waals surface area contributed by atoms with Gasteiger partial charge in [0.05, 0.1) is 0 Å². The fourth-order valence-electron chi connectivity index (χ4n) is 4.08. The molecule has 33 heavy (non-hydrogen) atoms. The van der Waals surface area contributed by atoms with Crippen molar-refractivity contribution in [3.8, 4) is 5.75 Å². The predicted octanol–water partition coefficient (Wildman–Crippen LogP) is 6.28. The summed E-state index contributed by atoms with van der Waals surface area (Å²) >= 11 is 18.4. The van der Waals surface area contributed by atoms with Gasteiger partial charge in [0.15, 0.2) is 6.61 Å². The average molecular weight is 512 g/mol. The van der Waals surface area contributed by atoms with Crippen LogP contribution in [-0.4, -0.2) is 35.4 Å². The van der Waals surface area contributed by atoms with Gasteiger partial charge in [-0.25, -0.2) is 0 Å². The summed E-state index contributed by atoms with van der Waals surface area (Å²) < 4.78 is 5.68. The largest absolute Gasteiger partial charge is 0.484 e. The smallest absolute Gasteiger partial charge is 0.261 e. The van der Waals surface area contributed by atoms with Crippen LogP contribution in [-0.2, 0) is 16.1 Å². The Balaban J connectivity index is 1.78. The second-order valence-corrected chi connectivity index (χ2v) is 9.55. The Labute approximate surface area is 210 Å². The monoisotopic (exact) mass is 510 g/mol. The number of hydrogen-bond donors (Lipinski definition) is 1. The number of benzene rings is 2. The van der Waals surface area contributed by atoms with Crippen molar-refractivity contribution in [1.82, 2.24) is 10.2 Å². The predicted molar refractivity (Wildman–Crippen MR) is 133 cm³/mol. The molecular weight excluding hydrogens is 483 g/mol. The second kappa shape index (κ2) is 12.5. The molecule has 0 saturated heterocycles. The van der Waals surface area contributed by atoms with Gasteiger partial charge in [-0.1, -0.05) is 73.1 Å². The fraction of sp³-hybridized carbons (Fsp3) is 0.440. The Hall–Kier alpha value is -1.95. The summed E-state index contributed by atoms with van der Waals surface area (Å²) in [5.41, 5.74) is 0.709. The Bertz CT molecular complexity index is 964. The molecule has 1 atom stereocenters. The van der Waals surface area contributed by atoms with Crippen molar-refractivity contribution in [2.75, 3.05) is 6.61 Å². The van der Waals surface area contributed by atoms with E-state index in [1.54, 1.807) is 42.5 Å². The molecule has 2 amide bonds. The van der Waals surface area contributed by atoms with Gasteiger partial charge in [-0.05, 0) is 55.2 Å². The molecule has 0 aliphatic heterocycles. The van der Waals surface area contributed by atoms with Crippen LogP contribution in [0, 0.1) is 0 Å². The Kier molecular flexibility index (Phi) is 9.72. The Morgan fingerprint density at radius 2 is 1.79 bits per heavy atom. The van der Waals surface area contributed by atoms with Gasteiger partial charge < -0.3 is 15.0 Å². The van der Waals surface area contributed by atoms with E-state index in [1.807, 2.05) is 6.92 Å². The van der Waals surface area contributed by atoms with Gasteiger partial charge in [-0.2, -0.15) is 0 Å². The summed E-state index contributed by atoms with van der Waals surface area (Å²) in [7, 11) is 0. The Morgan fingerprint density at radius 1 is 1.06 bits per heavy atom. The van der Waals surface area contributed by atoms with E-state index in [0.717, 1.165) is 25.7 Å².